The zero-order chi connectivity index (χ0) is 15.6. The van der Waals surface area contributed by atoms with E-state index in [2.05, 4.69) is 34.4 Å². The molecular formula is C15H20N4OS. The highest BCUT2D eigenvalue weighted by Crippen LogP contribution is 2.23. The minimum atomic E-state index is -0.162. The number of carbonyl (C=O) groups is 1. The Bertz CT molecular complexity index is 644. The fourth-order valence-electron chi connectivity index (χ4n) is 1.80. The van der Waals surface area contributed by atoms with Crippen LogP contribution in [0, 0.1) is 13.8 Å². The average Bonchev–Trinajstić information content (AvgIpc) is 2.76. The van der Waals surface area contributed by atoms with Gasteiger partial charge in [-0.05, 0) is 31.9 Å². The lowest BCUT2D eigenvalue weighted by Crippen LogP contribution is -2.13. The second-order valence-electron chi connectivity index (χ2n) is 5.19. The Labute approximate surface area is 128 Å². The van der Waals surface area contributed by atoms with Gasteiger partial charge in [-0.2, -0.15) is 0 Å². The molecule has 0 saturated heterocycles. The van der Waals surface area contributed by atoms with E-state index in [0.717, 1.165) is 16.3 Å². The normalized spacial score (nSPS) is 10.8. The number of hydrogen-bond donors (Lipinski definition) is 2. The van der Waals surface area contributed by atoms with Gasteiger partial charge in [-0.25, -0.2) is 9.97 Å². The zero-order valence-electron chi connectivity index (χ0n) is 12.9. The molecule has 0 radical (unpaired) electrons. The van der Waals surface area contributed by atoms with Crippen molar-refractivity contribution in [3.63, 3.8) is 0 Å². The number of nitrogens with one attached hydrogen (secondary N) is 2. The van der Waals surface area contributed by atoms with Crippen molar-refractivity contribution >= 4 is 28.2 Å². The van der Waals surface area contributed by atoms with Crippen molar-refractivity contribution < 1.29 is 4.79 Å². The van der Waals surface area contributed by atoms with Gasteiger partial charge in [-0.1, -0.05) is 13.8 Å². The minimum absolute atomic E-state index is 0.162. The van der Waals surface area contributed by atoms with E-state index in [9.17, 15) is 4.79 Å². The molecule has 0 spiro atoms. The molecule has 5 nitrogen and oxygen atoms in total. The molecule has 0 aromatic carbocycles. The Hall–Kier alpha value is -1.95. The SMILES string of the molecule is CNc1cc(C(=O)Nc2nc(C)c(C)s2)cc(C(C)C)n1. The third-order valence-electron chi connectivity index (χ3n) is 3.20. The first kappa shape index (κ1) is 15.4. The number of amides is 1. The number of anilines is 2. The van der Waals surface area contributed by atoms with Gasteiger partial charge in [0.05, 0.1) is 5.69 Å². The molecule has 112 valence electrons. The number of aromatic nitrogens is 2. The van der Waals surface area contributed by atoms with E-state index in [4.69, 9.17) is 0 Å². The number of thiazole rings is 1. The van der Waals surface area contributed by atoms with Crippen LogP contribution in [0.2, 0.25) is 0 Å². The quantitative estimate of drug-likeness (QED) is 0.906. The number of pyridine rings is 1. The van der Waals surface area contributed by atoms with Crippen molar-refractivity contribution in [2.75, 3.05) is 17.7 Å². The topological polar surface area (TPSA) is 66.9 Å². The molecule has 2 rings (SSSR count). The molecule has 2 aromatic rings. The first-order chi connectivity index (χ1) is 9.90. The Kier molecular flexibility index (Phi) is 4.57. The van der Waals surface area contributed by atoms with Crippen molar-refractivity contribution in [2.24, 2.45) is 0 Å². The molecule has 0 bridgehead atoms. The molecule has 0 aliphatic heterocycles. The summed E-state index contributed by atoms with van der Waals surface area (Å²) in [7, 11) is 1.79. The summed E-state index contributed by atoms with van der Waals surface area (Å²) in [6.07, 6.45) is 0. The highest BCUT2D eigenvalue weighted by molar-refractivity contribution is 7.15. The largest absolute Gasteiger partial charge is 0.373 e. The van der Waals surface area contributed by atoms with E-state index in [0.29, 0.717) is 16.5 Å². The molecule has 6 heteroatoms. The summed E-state index contributed by atoms with van der Waals surface area (Å²) < 4.78 is 0. The number of aryl methyl sites for hydroxylation is 2. The van der Waals surface area contributed by atoms with E-state index in [1.165, 1.54) is 11.3 Å². The summed E-state index contributed by atoms with van der Waals surface area (Å²) in [5, 5.41) is 6.47. The van der Waals surface area contributed by atoms with Gasteiger partial charge >= 0.3 is 0 Å². The molecule has 0 fully saturated rings. The fraction of sp³-hybridized carbons (Fsp3) is 0.400. The van der Waals surface area contributed by atoms with E-state index in [1.807, 2.05) is 19.9 Å². The van der Waals surface area contributed by atoms with Crippen molar-refractivity contribution in [1.82, 2.24) is 9.97 Å². The number of carbonyl (C=O) groups excluding carboxylic acids is 1. The third kappa shape index (κ3) is 3.58. The summed E-state index contributed by atoms with van der Waals surface area (Å²) in [5.74, 6) is 0.789. The van der Waals surface area contributed by atoms with Gasteiger partial charge in [-0.15, -0.1) is 11.3 Å². The molecule has 0 unspecified atom stereocenters. The van der Waals surface area contributed by atoms with Crippen LogP contribution in [-0.4, -0.2) is 22.9 Å². The molecule has 2 aromatic heterocycles. The predicted molar refractivity (Wildman–Crippen MR) is 87.4 cm³/mol. The number of nitrogens with zero attached hydrogens (tertiary/aromatic N) is 2. The van der Waals surface area contributed by atoms with Crippen LogP contribution >= 0.6 is 11.3 Å². The average molecular weight is 304 g/mol. The van der Waals surface area contributed by atoms with Crippen LogP contribution in [0.3, 0.4) is 0 Å². The van der Waals surface area contributed by atoms with E-state index in [-0.39, 0.29) is 11.8 Å². The molecule has 0 saturated carbocycles. The first-order valence-electron chi connectivity index (χ1n) is 6.85. The second kappa shape index (κ2) is 6.22. The lowest BCUT2D eigenvalue weighted by Gasteiger charge is -2.10. The van der Waals surface area contributed by atoms with Crippen LogP contribution in [0.4, 0.5) is 10.9 Å². The van der Waals surface area contributed by atoms with Gasteiger partial charge in [0, 0.05) is 23.2 Å². The maximum atomic E-state index is 12.4. The predicted octanol–water partition coefficient (Wildman–Crippen LogP) is 3.57. The Balaban J connectivity index is 2.27. The van der Waals surface area contributed by atoms with Crippen molar-refractivity contribution in [1.29, 1.82) is 0 Å². The lowest BCUT2D eigenvalue weighted by atomic mass is 10.1. The van der Waals surface area contributed by atoms with E-state index in [1.54, 1.807) is 13.1 Å². The Morgan fingerprint density at radius 1 is 1.24 bits per heavy atom. The standard InChI is InChI=1S/C15H20N4OS/c1-8(2)12-6-11(7-13(16-5)18-12)14(20)19-15-17-9(3)10(4)21-15/h6-8H,1-5H3,(H,16,18)(H,17,19,20). The monoisotopic (exact) mass is 304 g/mol. The van der Waals surface area contributed by atoms with Gasteiger partial charge in [0.2, 0.25) is 0 Å². The van der Waals surface area contributed by atoms with Crippen LogP contribution in [-0.2, 0) is 0 Å². The van der Waals surface area contributed by atoms with Crippen LogP contribution < -0.4 is 10.6 Å². The summed E-state index contributed by atoms with van der Waals surface area (Å²) in [4.78, 5) is 22.3. The number of hydrogen-bond acceptors (Lipinski definition) is 5. The lowest BCUT2D eigenvalue weighted by molar-refractivity contribution is 0.102. The van der Waals surface area contributed by atoms with Crippen LogP contribution in [0.25, 0.3) is 0 Å². The molecular weight excluding hydrogens is 284 g/mol. The van der Waals surface area contributed by atoms with E-state index < -0.39 is 0 Å². The molecule has 0 atom stereocenters. The Morgan fingerprint density at radius 2 is 1.95 bits per heavy atom. The second-order valence-corrected chi connectivity index (χ2v) is 6.39. The molecule has 0 aliphatic carbocycles. The maximum Gasteiger partial charge on any atom is 0.257 e. The minimum Gasteiger partial charge on any atom is -0.373 e. The highest BCUT2D eigenvalue weighted by Gasteiger charge is 2.13. The first-order valence-corrected chi connectivity index (χ1v) is 7.67. The van der Waals surface area contributed by atoms with Gasteiger partial charge < -0.3 is 5.32 Å². The maximum absolute atomic E-state index is 12.4. The molecule has 1 amide bonds. The summed E-state index contributed by atoms with van der Waals surface area (Å²) >= 11 is 1.48. The number of rotatable bonds is 4. The van der Waals surface area contributed by atoms with Gasteiger partial charge in [0.25, 0.3) is 5.91 Å². The van der Waals surface area contributed by atoms with Crippen molar-refractivity contribution in [3.8, 4) is 0 Å². The zero-order valence-corrected chi connectivity index (χ0v) is 13.8. The third-order valence-corrected chi connectivity index (χ3v) is 4.19. The molecule has 0 aliphatic rings. The molecule has 21 heavy (non-hydrogen) atoms. The van der Waals surface area contributed by atoms with Crippen LogP contribution in [0.5, 0.6) is 0 Å². The van der Waals surface area contributed by atoms with Gasteiger partial charge in [0.15, 0.2) is 5.13 Å². The van der Waals surface area contributed by atoms with Crippen LogP contribution in [0.15, 0.2) is 12.1 Å². The van der Waals surface area contributed by atoms with Crippen molar-refractivity contribution in [2.45, 2.75) is 33.6 Å². The van der Waals surface area contributed by atoms with Crippen LogP contribution in [0.1, 0.15) is 46.4 Å². The molecule has 2 N–H and O–H groups in total. The summed E-state index contributed by atoms with van der Waals surface area (Å²) in [6, 6.07) is 3.57. The highest BCUT2D eigenvalue weighted by atomic mass is 32.1. The van der Waals surface area contributed by atoms with E-state index >= 15 is 0 Å². The van der Waals surface area contributed by atoms with Gasteiger partial charge in [-0.3, -0.25) is 10.1 Å². The summed E-state index contributed by atoms with van der Waals surface area (Å²) in [5.41, 5.74) is 2.42. The van der Waals surface area contributed by atoms with Crippen molar-refractivity contribution in [3.05, 3.63) is 34.0 Å². The summed E-state index contributed by atoms with van der Waals surface area (Å²) in [6.45, 7) is 8.03. The van der Waals surface area contributed by atoms with Gasteiger partial charge in [0.1, 0.15) is 5.82 Å². The smallest absolute Gasteiger partial charge is 0.257 e. The Morgan fingerprint density at radius 3 is 2.48 bits per heavy atom. The molecule has 2 heterocycles. The fourth-order valence-corrected chi connectivity index (χ4v) is 2.61.